The lowest BCUT2D eigenvalue weighted by molar-refractivity contribution is -0.118. The van der Waals surface area contributed by atoms with Gasteiger partial charge in [-0.2, -0.15) is 11.8 Å². The number of rotatable bonds is 4. The molecule has 2 nitrogen and oxygen atoms in total. The molecular weight excluding hydrogens is 230 g/mol. The first-order valence-electron chi connectivity index (χ1n) is 5.53. The zero-order valence-corrected chi connectivity index (χ0v) is 10.6. The van der Waals surface area contributed by atoms with E-state index >= 15 is 0 Å². The van der Waals surface area contributed by atoms with E-state index in [4.69, 9.17) is 0 Å². The second-order valence-corrected chi connectivity index (χ2v) is 4.76. The highest BCUT2D eigenvalue weighted by molar-refractivity contribution is 7.99. The molecule has 0 radical (unpaired) electrons. The number of thioether (sulfide) groups is 1. The highest BCUT2D eigenvalue weighted by atomic mass is 32.2. The van der Waals surface area contributed by atoms with Crippen LogP contribution in [0.25, 0.3) is 10.8 Å². The summed E-state index contributed by atoms with van der Waals surface area (Å²) in [6.07, 6.45) is 1.93. The van der Waals surface area contributed by atoms with Crippen molar-refractivity contribution in [2.24, 2.45) is 0 Å². The van der Waals surface area contributed by atoms with Crippen LogP contribution in [0.5, 0.6) is 0 Å². The summed E-state index contributed by atoms with van der Waals surface area (Å²) in [5.41, 5.74) is 1.14. The molecular formula is C14H15NOS. The Balaban J connectivity index is 2.06. The molecule has 0 aliphatic heterocycles. The van der Waals surface area contributed by atoms with Crippen LogP contribution in [0.3, 0.4) is 0 Å². The van der Waals surface area contributed by atoms with Crippen molar-refractivity contribution in [2.75, 3.05) is 12.0 Å². The molecule has 0 bridgehead atoms. The molecule has 0 spiro atoms. The molecule has 2 rings (SSSR count). The van der Waals surface area contributed by atoms with Gasteiger partial charge in [-0.1, -0.05) is 36.4 Å². The lowest BCUT2D eigenvalue weighted by Crippen LogP contribution is -2.24. The zero-order chi connectivity index (χ0) is 12.1. The van der Waals surface area contributed by atoms with E-state index in [1.165, 1.54) is 22.5 Å². The maximum Gasteiger partial charge on any atom is 0.230 e. The normalized spacial score (nSPS) is 10.4. The Labute approximate surface area is 105 Å². The van der Waals surface area contributed by atoms with Crippen LogP contribution in [0.2, 0.25) is 0 Å². The lowest BCUT2D eigenvalue weighted by atomic mass is 10.1. The summed E-state index contributed by atoms with van der Waals surface area (Å²) in [4.78, 5) is 11.3. The molecule has 0 saturated heterocycles. The van der Waals surface area contributed by atoms with Crippen LogP contribution >= 0.6 is 11.8 Å². The van der Waals surface area contributed by atoms with Crippen molar-refractivity contribution in [1.82, 2.24) is 5.32 Å². The summed E-state index contributed by atoms with van der Waals surface area (Å²) in [6.45, 7) is 0.601. The molecule has 0 aromatic heterocycles. The first-order valence-corrected chi connectivity index (χ1v) is 6.92. The fourth-order valence-electron chi connectivity index (χ4n) is 1.73. The molecule has 17 heavy (non-hydrogen) atoms. The van der Waals surface area contributed by atoms with Gasteiger partial charge in [0.1, 0.15) is 0 Å². The molecule has 0 saturated carbocycles. The predicted molar refractivity (Wildman–Crippen MR) is 74.2 cm³/mol. The van der Waals surface area contributed by atoms with E-state index in [0.29, 0.717) is 12.3 Å². The zero-order valence-electron chi connectivity index (χ0n) is 9.77. The standard InChI is InChI=1S/C14H15NOS/c1-17-10-14(16)15-9-11-6-7-12-4-2-3-5-13(12)8-11/h2-8H,9-10H2,1H3,(H,15,16). The Morgan fingerprint density at radius 1 is 1.18 bits per heavy atom. The summed E-state index contributed by atoms with van der Waals surface area (Å²) in [6, 6.07) is 14.5. The second-order valence-electron chi connectivity index (χ2n) is 3.89. The van der Waals surface area contributed by atoms with Crippen LogP contribution in [0, 0.1) is 0 Å². The third-order valence-corrected chi connectivity index (χ3v) is 3.13. The van der Waals surface area contributed by atoms with Crippen molar-refractivity contribution >= 4 is 28.4 Å². The summed E-state index contributed by atoms with van der Waals surface area (Å²) in [5, 5.41) is 5.35. The van der Waals surface area contributed by atoms with E-state index in [9.17, 15) is 4.79 Å². The van der Waals surface area contributed by atoms with Crippen LogP contribution in [0.15, 0.2) is 42.5 Å². The van der Waals surface area contributed by atoms with Crippen molar-refractivity contribution in [3.63, 3.8) is 0 Å². The van der Waals surface area contributed by atoms with Crippen molar-refractivity contribution in [3.8, 4) is 0 Å². The molecule has 0 aliphatic carbocycles. The molecule has 3 heteroatoms. The summed E-state index contributed by atoms with van der Waals surface area (Å²) in [7, 11) is 0. The van der Waals surface area contributed by atoms with Gasteiger partial charge in [-0.25, -0.2) is 0 Å². The van der Waals surface area contributed by atoms with E-state index in [1.807, 2.05) is 18.4 Å². The van der Waals surface area contributed by atoms with Crippen LogP contribution in [0.1, 0.15) is 5.56 Å². The Hall–Kier alpha value is -1.48. The monoisotopic (exact) mass is 245 g/mol. The van der Waals surface area contributed by atoms with Crippen LogP contribution in [-0.4, -0.2) is 17.9 Å². The average molecular weight is 245 g/mol. The van der Waals surface area contributed by atoms with Gasteiger partial charge in [0, 0.05) is 6.54 Å². The van der Waals surface area contributed by atoms with E-state index < -0.39 is 0 Å². The number of fused-ring (bicyclic) bond motifs is 1. The van der Waals surface area contributed by atoms with Crippen molar-refractivity contribution in [1.29, 1.82) is 0 Å². The molecule has 0 unspecified atom stereocenters. The van der Waals surface area contributed by atoms with Gasteiger partial charge in [0.15, 0.2) is 0 Å². The third kappa shape index (κ3) is 3.24. The molecule has 0 atom stereocenters. The van der Waals surface area contributed by atoms with Crippen molar-refractivity contribution < 1.29 is 4.79 Å². The maximum atomic E-state index is 11.3. The highest BCUT2D eigenvalue weighted by Crippen LogP contribution is 2.15. The number of benzene rings is 2. The summed E-state index contributed by atoms with van der Waals surface area (Å²) in [5.74, 6) is 0.610. The van der Waals surface area contributed by atoms with Gasteiger partial charge in [-0.15, -0.1) is 0 Å². The topological polar surface area (TPSA) is 29.1 Å². The maximum absolute atomic E-state index is 11.3. The van der Waals surface area contributed by atoms with Crippen LogP contribution < -0.4 is 5.32 Å². The Kier molecular flexibility index (Phi) is 4.04. The molecule has 0 heterocycles. The van der Waals surface area contributed by atoms with Crippen LogP contribution in [-0.2, 0) is 11.3 Å². The van der Waals surface area contributed by atoms with Gasteiger partial charge in [-0.3, -0.25) is 4.79 Å². The molecule has 1 N–H and O–H groups in total. The van der Waals surface area contributed by atoms with E-state index in [2.05, 4.69) is 35.6 Å². The van der Waals surface area contributed by atoms with Gasteiger partial charge < -0.3 is 5.32 Å². The van der Waals surface area contributed by atoms with Crippen molar-refractivity contribution in [3.05, 3.63) is 48.0 Å². The highest BCUT2D eigenvalue weighted by Gasteiger charge is 2.00. The average Bonchev–Trinajstić information content (AvgIpc) is 2.36. The summed E-state index contributed by atoms with van der Waals surface area (Å²) >= 11 is 1.54. The molecule has 0 aliphatic rings. The predicted octanol–water partition coefficient (Wildman–Crippen LogP) is 2.82. The van der Waals surface area contributed by atoms with Crippen LogP contribution in [0.4, 0.5) is 0 Å². The van der Waals surface area contributed by atoms with Gasteiger partial charge in [-0.05, 0) is 28.7 Å². The quantitative estimate of drug-likeness (QED) is 0.897. The lowest BCUT2D eigenvalue weighted by Gasteiger charge is -2.05. The van der Waals surface area contributed by atoms with Gasteiger partial charge in [0.05, 0.1) is 5.75 Å². The number of carbonyl (C=O) groups is 1. The second kappa shape index (κ2) is 5.73. The minimum Gasteiger partial charge on any atom is -0.351 e. The SMILES string of the molecule is CSCC(=O)NCc1ccc2ccccc2c1. The number of carbonyl (C=O) groups excluding carboxylic acids is 1. The fourth-order valence-corrected chi connectivity index (χ4v) is 2.10. The third-order valence-electron chi connectivity index (χ3n) is 2.58. The smallest absolute Gasteiger partial charge is 0.230 e. The summed E-state index contributed by atoms with van der Waals surface area (Å²) < 4.78 is 0. The fraction of sp³-hybridized carbons (Fsp3) is 0.214. The van der Waals surface area contributed by atoms with E-state index in [-0.39, 0.29) is 5.91 Å². The minimum atomic E-state index is 0.0886. The molecule has 1 amide bonds. The first-order chi connectivity index (χ1) is 8.29. The molecule has 88 valence electrons. The minimum absolute atomic E-state index is 0.0886. The largest absolute Gasteiger partial charge is 0.351 e. The molecule has 2 aromatic carbocycles. The molecule has 2 aromatic rings. The Morgan fingerprint density at radius 2 is 1.94 bits per heavy atom. The first kappa shape index (κ1) is 12.0. The van der Waals surface area contributed by atoms with Gasteiger partial charge in [0.2, 0.25) is 5.91 Å². The number of amides is 1. The van der Waals surface area contributed by atoms with E-state index in [1.54, 1.807) is 0 Å². The number of hydrogen-bond donors (Lipinski definition) is 1. The Morgan fingerprint density at radius 3 is 2.71 bits per heavy atom. The van der Waals surface area contributed by atoms with E-state index in [0.717, 1.165) is 5.56 Å². The Bertz CT molecular complexity index is 524. The van der Waals surface area contributed by atoms with Crippen molar-refractivity contribution in [2.45, 2.75) is 6.54 Å². The number of nitrogens with one attached hydrogen (secondary N) is 1. The van der Waals surface area contributed by atoms with Gasteiger partial charge >= 0.3 is 0 Å². The molecule has 0 fully saturated rings. The van der Waals surface area contributed by atoms with Gasteiger partial charge in [0.25, 0.3) is 0 Å². The number of hydrogen-bond acceptors (Lipinski definition) is 2.